The van der Waals surface area contributed by atoms with Crippen molar-refractivity contribution in [2.24, 2.45) is 0 Å². The van der Waals surface area contributed by atoms with Crippen LogP contribution in [0, 0.1) is 0 Å². The Bertz CT molecular complexity index is 3010. The highest BCUT2D eigenvalue weighted by Crippen LogP contribution is 2.48. The second-order valence-corrected chi connectivity index (χ2v) is 24.1. The molecule has 3 aromatic heterocycles. The number of rotatable bonds is 4. The molecule has 0 unspecified atom stereocenters. The van der Waals surface area contributed by atoms with Crippen LogP contribution in [-0.2, 0) is 31.1 Å². The summed E-state index contributed by atoms with van der Waals surface area (Å²) in [6.45, 7) is 35.9. The van der Waals surface area contributed by atoms with E-state index in [4.69, 9.17) is 19.4 Å². The Morgan fingerprint density at radius 1 is 0.403 bits per heavy atom. The van der Waals surface area contributed by atoms with Crippen LogP contribution in [0.5, 0.6) is 0 Å². The first-order chi connectivity index (χ1) is 31.2. The van der Waals surface area contributed by atoms with Crippen molar-refractivity contribution in [3.63, 3.8) is 0 Å². The molecule has 9 rings (SSSR count). The smallest absolute Gasteiger partial charge is 0.189 e. The summed E-state index contributed by atoms with van der Waals surface area (Å²) in [5.74, 6) is 0. The van der Waals surface area contributed by atoms with E-state index in [9.17, 15) is 0 Å². The summed E-state index contributed by atoms with van der Waals surface area (Å²) in [5, 5.41) is 0. The van der Waals surface area contributed by atoms with Gasteiger partial charge in [-0.2, -0.15) is 0 Å². The first-order valence-corrected chi connectivity index (χ1v) is 24.1. The van der Waals surface area contributed by atoms with Crippen molar-refractivity contribution in [3.05, 3.63) is 142 Å². The van der Waals surface area contributed by atoms with Crippen molar-refractivity contribution in [3.8, 4) is 33.4 Å². The number of aromatic nitrogens is 4. The molecule has 3 aromatic carbocycles. The average molecular weight is 891 g/mol. The van der Waals surface area contributed by atoms with E-state index in [2.05, 4.69) is 236 Å². The van der Waals surface area contributed by atoms with Gasteiger partial charge in [0.1, 0.15) is 0 Å². The standard InChI is InChI=1S/C61H70N4O2/c1-56(2,3)39-30-37(31-40(34-39)57(4,5)6)52-45-24-22-43(62-45)51(36-20-18-17-19-21-36)44-23-25-46(63-44)53(38-32-41(58(7,8)9)35-42(33-38)59(10,11)12)48-27-29-50(65-48)54(49-28-26-47(52)64-49)55-66-60(13,14)61(15,16)67-55/h17-35,55,62,65H,1-16H3. The van der Waals surface area contributed by atoms with E-state index in [1.165, 1.54) is 22.3 Å². The summed E-state index contributed by atoms with van der Waals surface area (Å²) < 4.78 is 13.8. The first kappa shape index (κ1) is 46.3. The Morgan fingerprint density at radius 3 is 1.12 bits per heavy atom. The van der Waals surface area contributed by atoms with Crippen molar-refractivity contribution >= 4 is 46.4 Å². The van der Waals surface area contributed by atoms with Crippen LogP contribution in [0.25, 0.3) is 79.8 Å². The maximum atomic E-state index is 6.92. The maximum Gasteiger partial charge on any atom is 0.189 e. The number of ether oxygens (including phenoxy) is 2. The third-order valence-corrected chi connectivity index (χ3v) is 14.3. The van der Waals surface area contributed by atoms with Crippen LogP contribution in [0.15, 0.2) is 91.0 Å². The van der Waals surface area contributed by atoms with E-state index in [1.54, 1.807) is 0 Å². The fourth-order valence-corrected chi connectivity index (χ4v) is 9.23. The van der Waals surface area contributed by atoms with Crippen molar-refractivity contribution in [1.82, 2.24) is 19.9 Å². The van der Waals surface area contributed by atoms with Crippen LogP contribution >= 0.6 is 0 Å². The molecule has 0 amide bonds. The summed E-state index contributed by atoms with van der Waals surface area (Å²) in [6, 6.07) is 33.6. The molecule has 67 heavy (non-hydrogen) atoms. The summed E-state index contributed by atoms with van der Waals surface area (Å²) in [4.78, 5) is 19.1. The van der Waals surface area contributed by atoms with Gasteiger partial charge < -0.3 is 19.4 Å². The van der Waals surface area contributed by atoms with Crippen LogP contribution in [0.2, 0.25) is 0 Å². The second-order valence-electron chi connectivity index (χ2n) is 24.1. The number of aromatic amines is 2. The first-order valence-electron chi connectivity index (χ1n) is 24.1. The molecule has 3 aliphatic rings. The molecule has 1 saturated heterocycles. The number of nitrogens with one attached hydrogen (secondary N) is 2. The summed E-state index contributed by atoms with van der Waals surface area (Å²) in [5.41, 5.74) is 18.0. The van der Waals surface area contributed by atoms with Crippen LogP contribution in [0.1, 0.15) is 168 Å². The Balaban J connectivity index is 1.48. The zero-order chi connectivity index (χ0) is 48.2. The number of nitrogens with zero attached hydrogens (tertiary/aromatic N) is 2. The number of fused-ring (bicyclic) bond motifs is 8. The fourth-order valence-electron chi connectivity index (χ4n) is 9.23. The minimum Gasteiger partial charge on any atom is -0.355 e. The van der Waals surface area contributed by atoms with Gasteiger partial charge in [0.15, 0.2) is 6.29 Å². The molecule has 346 valence electrons. The third kappa shape index (κ3) is 8.68. The molecule has 6 heteroatoms. The lowest BCUT2D eigenvalue weighted by atomic mass is 9.78. The summed E-state index contributed by atoms with van der Waals surface area (Å²) in [7, 11) is 0. The number of hydrogen-bond acceptors (Lipinski definition) is 4. The summed E-state index contributed by atoms with van der Waals surface area (Å²) in [6.07, 6.45) is 7.97. The lowest BCUT2D eigenvalue weighted by Crippen LogP contribution is -2.41. The molecule has 0 aliphatic carbocycles. The van der Waals surface area contributed by atoms with Gasteiger partial charge in [-0.3, -0.25) is 0 Å². The molecule has 6 heterocycles. The second kappa shape index (κ2) is 15.9. The molecule has 8 bridgehead atoms. The SMILES string of the molecule is CC(C)(C)c1cc(-c2c3nc(c(C4OC(C)(C)C(C)(C)O4)c4ccc([nH]4)c(-c4cc(C(C)(C)C)cc(C(C)(C)C)c4)c4nc(c(-c5ccccc5)c5ccc2[nH]5)C=C4)C=C3)cc(C(C)(C)C)c1. The fraction of sp³-hybridized carbons (Fsp3) is 0.377. The van der Waals surface area contributed by atoms with Gasteiger partial charge in [-0.1, -0.05) is 150 Å². The van der Waals surface area contributed by atoms with E-state index >= 15 is 0 Å². The monoisotopic (exact) mass is 891 g/mol. The molecule has 0 spiro atoms. The predicted octanol–water partition coefficient (Wildman–Crippen LogP) is 16.4. The number of benzene rings is 3. The Labute approximate surface area is 399 Å². The molecule has 0 radical (unpaired) electrons. The highest BCUT2D eigenvalue weighted by molar-refractivity contribution is 5.98. The number of hydrogen-bond donors (Lipinski definition) is 2. The topological polar surface area (TPSA) is 75.8 Å². The van der Waals surface area contributed by atoms with Crippen molar-refractivity contribution in [2.75, 3.05) is 0 Å². The quantitative estimate of drug-likeness (QED) is 0.185. The normalized spacial score (nSPS) is 16.3. The highest BCUT2D eigenvalue weighted by Gasteiger charge is 2.50. The van der Waals surface area contributed by atoms with E-state index in [0.29, 0.717) is 0 Å². The van der Waals surface area contributed by atoms with Crippen LogP contribution in [-0.4, -0.2) is 31.1 Å². The van der Waals surface area contributed by atoms with E-state index in [1.807, 2.05) is 0 Å². The molecular weight excluding hydrogens is 821 g/mol. The van der Waals surface area contributed by atoms with Crippen molar-refractivity contribution in [1.29, 1.82) is 0 Å². The molecular formula is C61H70N4O2. The maximum absolute atomic E-state index is 6.92. The van der Waals surface area contributed by atoms with Gasteiger partial charge in [0, 0.05) is 38.8 Å². The Kier molecular flexibility index (Phi) is 11.0. The molecule has 6 nitrogen and oxygen atoms in total. The van der Waals surface area contributed by atoms with Gasteiger partial charge in [-0.25, -0.2) is 9.97 Å². The average Bonchev–Trinajstić information content (AvgIpc) is 4.09. The lowest BCUT2D eigenvalue weighted by Gasteiger charge is -2.30. The molecule has 3 aliphatic heterocycles. The summed E-state index contributed by atoms with van der Waals surface area (Å²) >= 11 is 0. The minimum absolute atomic E-state index is 0.0862. The van der Waals surface area contributed by atoms with E-state index in [0.717, 1.165) is 83.8 Å². The molecule has 2 N–H and O–H groups in total. The van der Waals surface area contributed by atoms with E-state index in [-0.39, 0.29) is 21.7 Å². The van der Waals surface area contributed by atoms with Crippen LogP contribution in [0.3, 0.4) is 0 Å². The molecule has 0 saturated carbocycles. The predicted molar refractivity (Wildman–Crippen MR) is 283 cm³/mol. The van der Waals surface area contributed by atoms with Crippen LogP contribution < -0.4 is 0 Å². The van der Waals surface area contributed by atoms with Gasteiger partial charge in [-0.05, 0) is 137 Å². The zero-order valence-corrected chi connectivity index (χ0v) is 42.8. The Hall–Kier alpha value is -5.82. The number of H-pyrrole nitrogens is 2. The van der Waals surface area contributed by atoms with Gasteiger partial charge in [0.05, 0.1) is 39.5 Å². The van der Waals surface area contributed by atoms with Crippen molar-refractivity contribution < 1.29 is 9.47 Å². The third-order valence-electron chi connectivity index (χ3n) is 14.3. The largest absolute Gasteiger partial charge is 0.355 e. The van der Waals surface area contributed by atoms with Gasteiger partial charge >= 0.3 is 0 Å². The van der Waals surface area contributed by atoms with Gasteiger partial charge in [0.2, 0.25) is 0 Å². The highest BCUT2D eigenvalue weighted by atomic mass is 16.7. The molecule has 0 atom stereocenters. The molecule has 1 fully saturated rings. The van der Waals surface area contributed by atoms with Crippen LogP contribution in [0.4, 0.5) is 0 Å². The Morgan fingerprint density at radius 2 is 0.731 bits per heavy atom. The van der Waals surface area contributed by atoms with E-state index < -0.39 is 17.5 Å². The lowest BCUT2D eigenvalue weighted by molar-refractivity contribution is -0.0889. The minimum atomic E-state index is -0.692. The zero-order valence-electron chi connectivity index (χ0n) is 42.8. The van der Waals surface area contributed by atoms with Crippen molar-refractivity contribution in [2.45, 2.75) is 150 Å². The van der Waals surface area contributed by atoms with Gasteiger partial charge in [-0.15, -0.1) is 0 Å². The van der Waals surface area contributed by atoms with Gasteiger partial charge in [0.25, 0.3) is 0 Å². The molecule has 6 aromatic rings.